The summed E-state index contributed by atoms with van der Waals surface area (Å²) in [5, 5.41) is 1.40. The van der Waals surface area contributed by atoms with E-state index in [4.69, 9.17) is 5.73 Å². The van der Waals surface area contributed by atoms with Gasteiger partial charge in [-0.3, -0.25) is 0 Å². The van der Waals surface area contributed by atoms with Crippen LogP contribution in [0, 0.1) is 0 Å². The van der Waals surface area contributed by atoms with Crippen molar-refractivity contribution in [2.75, 3.05) is 23.7 Å². The molecule has 0 amide bonds. The molecule has 1 fully saturated rings. The molecule has 1 aliphatic rings. The van der Waals surface area contributed by atoms with Crippen LogP contribution in [0.1, 0.15) is 12.8 Å². The second-order valence-electron chi connectivity index (χ2n) is 4.16. The number of thiophene rings is 1. The lowest BCUT2D eigenvalue weighted by atomic mass is 10.4. The van der Waals surface area contributed by atoms with E-state index in [-0.39, 0.29) is 0 Å². The molecule has 0 aliphatic carbocycles. The lowest BCUT2D eigenvalue weighted by molar-refractivity contribution is 0.949. The van der Waals surface area contributed by atoms with Gasteiger partial charge in [-0.05, 0) is 25.0 Å². The Balaban J connectivity index is 2.06. The van der Waals surface area contributed by atoms with Gasteiger partial charge >= 0.3 is 0 Å². The summed E-state index contributed by atoms with van der Waals surface area (Å²) in [7, 11) is 2.03. The van der Waals surface area contributed by atoms with Crippen LogP contribution in [-0.4, -0.2) is 17.7 Å². The minimum atomic E-state index is 0.851. The van der Waals surface area contributed by atoms with Crippen molar-refractivity contribution >= 4 is 32.4 Å². The molecule has 2 aromatic heterocycles. The largest absolute Gasteiger partial charge is 0.385 e. The molecule has 3 heterocycles. The summed E-state index contributed by atoms with van der Waals surface area (Å²) >= 11 is 1.85. The number of hydrogen-bond donors (Lipinski definition) is 1. The number of nitrogen functional groups attached to an aromatic ring is 1. The fourth-order valence-corrected chi connectivity index (χ4v) is 3.40. The molecule has 0 spiro atoms. The van der Waals surface area contributed by atoms with Crippen LogP contribution in [0.4, 0.5) is 10.8 Å². The second kappa shape index (κ2) is 3.17. The third-order valence-electron chi connectivity index (χ3n) is 3.17. The summed E-state index contributed by atoms with van der Waals surface area (Å²) in [6.45, 7) is 2.42. The first kappa shape index (κ1) is 9.09. The van der Waals surface area contributed by atoms with Crippen LogP contribution in [-0.2, 0) is 7.05 Å². The Bertz CT molecular complexity index is 491. The Kier molecular flexibility index (Phi) is 1.92. The fourth-order valence-electron chi connectivity index (χ4n) is 2.21. The van der Waals surface area contributed by atoms with Crippen molar-refractivity contribution in [3.8, 4) is 0 Å². The Hall–Kier alpha value is -1.16. The highest BCUT2D eigenvalue weighted by Gasteiger charge is 2.16. The van der Waals surface area contributed by atoms with Crippen LogP contribution in [0.15, 0.2) is 12.1 Å². The summed E-state index contributed by atoms with van der Waals surface area (Å²) in [5.74, 6) is 0.851. The SMILES string of the molecule is Cn1c(N)cc2sc(N3CCCC3)cc21. The monoisotopic (exact) mass is 221 g/mol. The quantitative estimate of drug-likeness (QED) is 0.802. The van der Waals surface area contributed by atoms with E-state index in [9.17, 15) is 0 Å². The first-order valence-electron chi connectivity index (χ1n) is 5.35. The van der Waals surface area contributed by atoms with Crippen molar-refractivity contribution in [1.29, 1.82) is 0 Å². The van der Waals surface area contributed by atoms with Crippen LogP contribution in [0.5, 0.6) is 0 Å². The van der Waals surface area contributed by atoms with Crippen LogP contribution in [0.25, 0.3) is 10.2 Å². The van der Waals surface area contributed by atoms with Crippen molar-refractivity contribution < 1.29 is 0 Å². The average Bonchev–Trinajstić information content (AvgIpc) is 2.86. The third kappa shape index (κ3) is 1.32. The lowest BCUT2D eigenvalue weighted by Crippen LogP contribution is -2.15. The van der Waals surface area contributed by atoms with E-state index in [1.54, 1.807) is 0 Å². The van der Waals surface area contributed by atoms with E-state index in [0.717, 1.165) is 5.82 Å². The first-order chi connectivity index (χ1) is 7.25. The highest BCUT2D eigenvalue weighted by atomic mass is 32.1. The molecule has 3 nitrogen and oxygen atoms in total. The predicted octanol–water partition coefficient (Wildman–Crippen LogP) is 2.42. The molecular formula is C11H15N3S. The molecule has 80 valence electrons. The lowest BCUT2D eigenvalue weighted by Gasteiger charge is -2.13. The minimum Gasteiger partial charge on any atom is -0.385 e. The Labute approximate surface area is 93.1 Å². The zero-order valence-electron chi connectivity index (χ0n) is 8.86. The molecule has 1 saturated heterocycles. The summed E-state index contributed by atoms with van der Waals surface area (Å²) in [4.78, 5) is 2.47. The van der Waals surface area contributed by atoms with Gasteiger partial charge in [-0.2, -0.15) is 0 Å². The molecule has 0 bridgehead atoms. The van der Waals surface area contributed by atoms with Crippen molar-refractivity contribution in [3.05, 3.63) is 12.1 Å². The van der Waals surface area contributed by atoms with Crippen molar-refractivity contribution in [2.45, 2.75) is 12.8 Å². The minimum absolute atomic E-state index is 0.851. The molecular weight excluding hydrogens is 206 g/mol. The molecule has 0 saturated carbocycles. The summed E-state index contributed by atoms with van der Waals surface area (Å²) in [5.41, 5.74) is 7.12. The van der Waals surface area contributed by atoms with Crippen LogP contribution >= 0.6 is 11.3 Å². The highest BCUT2D eigenvalue weighted by molar-refractivity contribution is 7.22. The molecule has 1 aliphatic heterocycles. The molecule has 3 rings (SSSR count). The molecule has 0 atom stereocenters. The Morgan fingerprint density at radius 2 is 2.00 bits per heavy atom. The van der Waals surface area contributed by atoms with Gasteiger partial charge in [0, 0.05) is 20.1 Å². The molecule has 2 N–H and O–H groups in total. The van der Waals surface area contributed by atoms with Crippen molar-refractivity contribution in [3.63, 3.8) is 0 Å². The van der Waals surface area contributed by atoms with E-state index >= 15 is 0 Å². The molecule has 0 unspecified atom stereocenters. The summed E-state index contributed by atoms with van der Waals surface area (Å²) < 4.78 is 3.36. The highest BCUT2D eigenvalue weighted by Crippen LogP contribution is 2.36. The zero-order chi connectivity index (χ0) is 10.4. The topological polar surface area (TPSA) is 34.2 Å². The van der Waals surface area contributed by atoms with Crippen LogP contribution in [0.3, 0.4) is 0 Å². The van der Waals surface area contributed by atoms with Gasteiger partial charge in [0.1, 0.15) is 5.82 Å². The number of fused-ring (bicyclic) bond motifs is 1. The van der Waals surface area contributed by atoms with Gasteiger partial charge in [0.15, 0.2) is 0 Å². The maximum absolute atomic E-state index is 5.86. The number of anilines is 2. The number of rotatable bonds is 1. The van der Waals surface area contributed by atoms with E-state index in [2.05, 4.69) is 21.6 Å². The van der Waals surface area contributed by atoms with Gasteiger partial charge in [0.25, 0.3) is 0 Å². The van der Waals surface area contributed by atoms with E-state index in [1.807, 2.05) is 18.4 Å². The maximum atomic E-state index is 5.86. The smallest absolute Gasteiger partial charge is 0.104 e. The standard InChI is InChI=1S/C11H15N3S/c1-13-8-6-11(14-4-2-3-5-14)15-9(8)7-10(13)12/h6-7H,2-5,12H2,1H3. The molecule has 0 radical (unpaired) electrons. The molecule has 0 aromatic carbocycles. The van der Waals surface area contributed by atoms with E-state index in [0.29, 0.717) is 0 Å². The Morgan fingerprint density at radius 3 is 2.67 bits per heavy atom. The Morgan fingerprint density at radius 1 is 1.27 bits per heavy atom. The number of nitrogens with two attached hydrogens (primary N) is 1. The normalized spacial score (nSPS) is 16.7. The molecule has 4 heteroatoms. The van der Waals surface area contributed by atoms with E-state index in [1.165, 1.54) is 41.1 Å². The average molecular weight is 221 g/mol. The zero-order valence-corrected chi connectivity index (χ0v) is 9.68. The van der Waals surface area contributed by atoms with Gasteiger partial charge in [-0.1, -0.05) is 0 Å². The summed E-state index contributed by atoms with van der Waals surface area (Å²) in [6, 6.07) is 4.33. The van der Waals surface area contributed by atoms with Gasteiger partial charge in [0.05, 0.1) is 15.2 Å². The number of aryl methyl sites for hydroxylation is 1. The first-order valence-corrected chi connectivity index (χ1v) is 6.17. The number of nitrogens with zero attached hydrogens (tertiary/aromatic N) is 2. The predicted molar refractivity (Wildman–Crippen MR) is 66.7 cm³/mol. The van der Waals surface area contributed by atoms with E-state index < -0.39 is 0 Å². The third-order valence-corrected chi connectivity index (χ3v) is 4.30. The molecule has 2 aromatic rings. The van der Waals surface area contributed by atoms with Crippen molar-refractivity contribution in [2.24, 2.45) is 7.05 Å². The van der Waals surface area contributed by atoms with Crippen LogP contribution < -0.4 is 10.6 Å². The maximum Gasteiger partial charge on any atom is 0.104 e. The fraction of sp³-hybridized carbons (Fsp3) is 0.455. The molecule has 15 heavy (non-hydrogen) atoms. The number of hydrogen-bond acceptors (Lipinski definition) is 3. The number of aromatic nitrogens is 1. The van der Waals surface area contributed by atoms with Gasteiger partial charge in [-0.15, -0.1) is 11.3 Å². The van der Waals surface area contributed by atoms with Crippen molar-refractivity contribution in [1.82, 2.24) is 4.57 Å². The second-order valence-corrected chi connectivity index (χ2v) is 5.22. The van der Waals surface area contributed by atoms with Gasteiger partial charge in [0.2, 0.25) is 0 Å². The van der Waals surface area contributed by atoms with Gasteiger partial charge in [-0.25, -0.2) is 0 Å². The van der Waals surface area contributed by atoms with Crippen LogP contribution in [0.2, 0.25) is 0 Å². The van der Waals surface area contributed by atoms with Gasteiger partial charge < -0.3 is 15.2 Å². The summed E-state index contributed by atoms with van der Waals surface area (Å²) in [6.07, 6.45) is 2.66.